The third-order valence-corrected chi connectivity index (χ3v) is 11.5. The van der Waals surface area contributed by atoms with E-state index in [0.29, 0.717) is 0 Å². The van der Waals surface area contributed by atoms with E-state index in [1.54, 1.807) is 11.5 Å². The predicted molar refractivity (Wildman–Crippen MR) is 120 cm³/mol. The minimum absolute atomic E-state index is 0.0852. The molecule has 0 aromatic heterocycles. The largest absolute Gasteiger partial charge is 0.510 e. The fourth-order valence-corrected chi connectivity index (χ4v) is 5.65. The lowest BCUT2D eigenvalue weighted by Gasteiger charge is -2.57. The second-order valence-electron chi connectivity index (χ2n) is 9.25. The fraction of sp³-hybridized carbons (Fsp3) is 0.591. The van der Waals surface area contributed by atoms with Gasteiger partial charge in [0.05, 0.1) is 6.04 Å². The lowest BCUT2D eigenvalue weighted by Crippen LogP contribution is -2.79. The first kappa shape index (κ1) is 25.7. The minimum atomic E-state index is -2.29. The summed E-state index contributed by atoms with van der Waals surface area (Å²) in [6.07, 6.45) is -2.37. The van der Waals surface area contributed by atoms with E-state index >= 15 is 0 Å². The highest BCUT2D eigenvalue weighted by Gasteiger charge is 2.58. The molecule has 2 rings (SSSR count). The van der Waals surface area contributed by atoms with E-state index in [2.05, 4.69) is 39.2 Å². The molecule has 1 aliphatic heterocycles. The van der Waals surface area contributed by atoms with Crippen molar-refractivity contribution in [3.05, 3.63) is 35.9 Å². The highest BCUT2D eigenvalue weighted by molar-refractivity contribution is 6.80. The molecule has 2 amide bonds. The Morgan fingerprint density at radius 2 is 1.78 bits per heavy atom. The van der Waals surface area contributed by atoms with Gasteiger partial charge in [-0.3, -0.25) is 4.79 Å². The molecule has 0 saturated carbocycles. The van der Waals surface area contributed by atoms with Crippen LogP contribution in [0.25, 0.3) is 0 Å². The van der Waals surface area contributed by atoms with Crippen molar-refractivity contribution in [2.45, 2.75) is 70.8 Å². The normalized spacial score (nSPS) is 19.6. The highest BCUT2D eigenvalue weighted by atomic mass is 28.3. The summed E-state index contributed by atoms with van der Waals surface area (Å²) in [6.45, 7) is 11.9. The van der Waals surface area contributed by atoms with Gasteiger partial charge in [0.1, 0.15) is 19.3 Å². The van der Waals surface area contributed by atoms with Crippen molar-refractivity contribution in [2.75, 3.05) is 13.7 Å². The van der Waals surface area contributed by atoms with Crippen molar-refractivity contribution in [3.8, 4) is 0 Å². The molecule has 1 aliphatic rings. The molecule has 0 aliphatic carbocycles. The maximum Gasteiger partial charge on any atom is 0.510 e. The molecule has 9 nitrogen and oxygen atoms in total. The van der Waals surface area contributed by atoms with Gasteiger partial charge in [-0.1, -0.05) is 64.2 Å². The van der Waals surface area contributed by atoms with Crippen LogP contribution < -0.4 is 5.32 Å². The Labute approximate surface area is 190 Å². The molecule has 1 heterocycles. The van der Waals surface area contributed by atoms with Crippen molar-refractivity contribution < 1.29 is 33.3 Å². The predicted octanol–water partition coefficient (Wildman–Crippen LogP) is 3.64. The summed E-state index contributed by atoms with van der Waals surface area (Å²) >= 11 is 0. The van der Waals surface area contributed by atoms with E-state index in [-0.39, 0.29) is 24.2 Å². The molecule has 1 unspecified atom stereocenters. The van der Waals surface area contributed by atoms with Crippen LogP contribution in [-0.4, -0.2) is 63.0 Å². The van der Waals surface area contributed by atoms with Crippen molar-refractivity contribution in [1.29, 1.82) is 0 Å². The molecule has 0 spiro atoms. The minimum Gasteiger partial charge on any atom is -0.445 e. The van der Waals surface area contributed by atoms with Gasteiger partial charge in [-0.2, -0.15) is 0 Å². The summed E-state index contributed by atoms with van der Waals surface area (Å²) in [5, 5.41) is 2.49. The third kappa shape index (κ3) is 6.01. The van der Waals surface area contributed by atoms with Gasteiger partial charge in [-0.05, 0) is 17.5 Å². The van der Waals surface area contributed by atoms with E-state index in [9.17, 15) is 14.4 Å². The molecule has 1 N–H and O–H groups in total. The number of benzene rings is 1. The van der Waals surface area contributed by atoms with Crippen LogP contribution in [-0.2, 0) is 30.3 Å². The summed E-state index contributed by atoms with van der Waals surface area (Å²) in [6, 6.07) is 7.88. The van der Waals surface area contributed by atoms with E-state index in [1.165, 1.54) is 7.11 Å². The zero-order valence-electron chi connectivity index (χ0n) is 19.8. The van der Waals surface area contributed by atoms with Crippen LogP contribution in [0.4, 0.5) is 9.59 Å². The number of hydrogen-bond acceptors (Lipinski definition) is 7. The quantitative estimate of drug-likeness (QED) is 0.270. The molecule has 10 heteroatoms. The summed E-state index contributed by atoms with van der Waals surface area (Å²) in [4.78, 5) is 37.3. The molecule has 1 fully saturated rings. The van der Waals surface area contributed by atoms with Crippen LogP contribution >= 0.6 is 0 Å². The number of carbonyl (C=O) groups excluding carboxylic acids is 3. The maximum atomic E-state index is 13.0. The number of alkyl carbamates (subject to hydrolysis) is 1. The Hall–Kier alpha value is -2.59. The molecule has 0 bridgehead atoms. The van der Waals surface area contributed by atoms with Crippen LogP contribution in [0.3, 0.4) is 0 Å². The average Bonchev–Trinajstić information content (AvgIpc) is 2.72. The Morgan fingerprint density at radius 3 is 2.34 bits per heavy atom. The Morgan fingerprint density at radius 1 is 1.16 bits per heavy atom. The molecule has 1 aromatic carbocycles. The van der Waals surface area contributed by atoms with Gasteiger partial charge in [0.2, 0.25) is 12.2 Å². The van der Waals surface area contributed by atoms with Crippen molar-refractivity contribution in [3.63, 3.8) is 0 Å². The molecule has 1 saturated heterocycles. The molecular weight excluding hydrogens is 432 g/mol. The van der Waals surface area contributed by atoms with Gasteiger partial charge < -0.3 is 28.8 Å². The summed E-state index contributed by atoms with van der Waals surface area (Å²) in [5.74, 6) is -0.208. The number of β-lactam (4-membered cyclic amide) rings is 1. The first-order chi connectivity index (χ1) is 14.9. The molecular formula is C22H34N2O7Si. The zero-order valence-corrected chi connectivity index (χ0v) is 20.8. The van der Waals surface area contributed by atoms with Crippen LogP contribution in [0.1, 0.15) is 33.3 Å². The molecule has 1 aromatic rings. The number of nitrogens with one attached hydrogen (secondary N) is 1. The maximum absolute atomic E-state index is 13.0. The van der Waals surface area contributed by atoms with Crippen LogP contribution in [0.5, 0.6) is 0 Å². The molecule has 32 heavy (non-hydrogen) atoms. The van der Waals surface area contributed by atoms with Crippen molar-refractivity contribution in [2.24, 2.45) is 0 Å². The van der Waals surface area contributed by atoms with Gasteiger partial charge in [-0.25, -0.2) is 9.59 Å². The van der Waals surface area contributed by atoms with Crippen LogP contribution in [0.2, 0.25) is 18.1 Å². The number of carbonyl (C=O) groups is 3. The standard InChI is InChI=1S/C22H34N2O7Si/c1-15(28-5)31-21(27)30-14-17-18(19(25)24(17)32(6,7)22(2,3)4)23-20(26)29-13-16-11-9-8-10-12-16/h8-12,15,17-18H,13-14H2,1-7H3,(H,23,26)/t15?,17-,18+/m0/s1. The molecule has 0 radical (unpaired) electrons. The Bertz CT molecular complexity index is 810. The van der Waals surface area contributed by atoms with Gasteiger partial charge in [0.25, 0.3) is 0 Å². The Balaban J connectivity index is 2.07. The van der Waals surface area contributed by atoms with Crippen LogP contribution in [0.15, 0.2) is 30.3 Å². The summed E-state index contributed by atoms with van der Waals surface area (Å²) in [5.41, 5.74) is 0.834. The number of ether oxygens (including phenoxy) is 4. The zero-order chi connectivity index (χ0) is 24.1. The summed E-state index contributed by atoms with van der Waals surface area (Å²) in [7, 11) is -0.882. The van der Waals surface area contributed by atoms with Crippen molar-refractivity contribution in [1.82, 2.24) is 9.88 Å². The van der Waals surface area contributed by atoms with E-state index in [0.717, 1.165) is 5.56 Å². The summed E-state index contributed by atoms with van der Waals surface area (Å²) < 4.78 is 22.1. The van der Waals surface area contributed by atoms with Gasteiger partial charge in [-0.15, -0.1) is 0 Å². The number of rotatable bonds is 8. The molecule has 178 valence electrons. The fourth-order valence-electron chi connectivity index (χ4n) is 3.19. The average molecular weight is 467 g/mol. The van der Waals surface area contributed by atoms with Gasteiger partial charge in [0.15, 0.2) is 8.24 Å². The van der Waals surface area contributed by atoms with E-state index < -0.39 is 38.9 Å². The van der Waals surface area contributed by atoms with Gasteiger partial charge >= 0.3 is 12.2 Å². The third-order valence-electron chi connectivity index (χ3n) is 6.11. The number of amides is 2. The first-order valence-corrected chi connectivity index (χ1v) is 13.5. The highest BCUT2D eigenvalue weighted by Crippen LogP contribution is 2.43. The lowest BCUT2D eigenvalue weighted by molar-refractivity contribution is -0.147. The number of nitrogens with zero attached hydrogens (tertiary/aromatic N) is 1. The smallest absolute Gasteiger partial charge is 0.445 e. The first-order valence-electron chi connectivity index (χ1n) is 10.5. The Kier molecular flexibility index (Phi) is 8.30. The second-order valence-corrected chi connectivity index (χ2v) is 14.4. The second kappa shape index (κ2) is 10.3. The van der Waals surface area contributed by atoms with Crippen molar-refractivity contribution >= 4 is 26.4 Å². The number of hydrogen-bond donors (Lipinski definition) is 1. The lowest BCUT2D eigenvalue weighted by atomic mass is 10.00. The van der Waals surface area contributed by atoms with E-state index in [4.69, 9.17) is 18.9 Å². The SMILES string of the molecule is COC(C)OC(=O)OC[C@H]1[C@@H](NC(=O)OCc2ccccc2)C(=O)N1[Si](C)(C)C(C)(C)C. The topological polar surface area (TPSA) is 103 Å². The van der Waals surface area contributed by atoms with E-state index in [1.807, 2.05) is 30.3 Å². The van der Waals surface area contributed by atoms with Gasteiger partial charge in [0, 0.05) is 7.11 Å². The monoisotopic (exact) mass is 466 g/mol. The molecule has 3 atom stereocenters. The van der Waals surface area contributed by atoms with Crippen LogP contribution in [0, 0.1) is 0 Å². The number of methoxy groups -OCH3 is 1.